The molecule has 1 aromatic carbocycles. The third kappa shape index (κ3) is 4.64. The zero-order valence-electron chi connectivity index (χ0n) is 12.3. The van der Waals surface area contributed by atoms with E-state index in [1.54, 1.807) is 13.8 Å². The van der Waals surface area contributed by atoms with Crippen LogP contribution in [0.4, 0.5) is 14.5 Å². The van der Waals surface area contributed by atoms with Crippen molar-refractivity contribution in [2.75, 3.05) is 16.6 Å². The van der Waals surface area contributed by atoms with Crippen LogP contribution in [0, 0.1) is 11.6 Å². The van der Waals surface area contributed by atoms with Crippen LogP contribution in [0.2, 0.25) is 0 Å². The average Bonchev–Trinajstić information content (AvgIpc) is 2.35. The van der Waals surface area contributed by atoms with Crippen molar-refractivity contribution in [2.24, 2.45) is 0 Å². The summed E-state index contributed by atoms with van der Waals surface area (Å²) in [4.78, 5) is 11.7. The smallest absolute Gasteiger partial charge is 0.327 e. The molecule has 0 aliphatic rings. The van der Waals surface area contributed by atoms with Crippen molar-refractivity contribution in [2.45, 2.75) is 26.9 Å². The Bertz CT molecular complexity index is 641. The number of halogens is 3. The second kappa shape index (κ2) is 7.36. The molecule has 22 heavy (non-hydrogen) atoms. The first-order valence-electron chi connectivity index (χ1n) is 6.43. The number of anilines is 1. The van der Waals surface area contributed by atoms with Gasteiger partial charge >= 0.3 is 5.97 Å². The first kappa shape index (κ1) is 18.8. The van der Waals surface area contributed by atoms with Crippen LogP contribution < -0.4 is 4.31 Å². The molecule has 0 amide bonds. The van der Waals surface area contributed by atoms with E-state index in [1.165, 1.54) is 6.92 Å². The zero-order valence-corrected chi connectivity index (χ0v) is 14.7. The van der Waals surface area contributed by atoms with Gasteiger partial charge in [0.05, 0.1) is 11.9 Å². The van der Waals surface area contributed by atoms with Gasteiger partial charge in [-0.15, -0.1) is 0 Å². The molecule has 0 saturated heterocycles. The maximum Gasteiger partial charge on any atom is 0.327 e. The summed E-state index contributed by atoms with van der Waals surface area (Å²) in [5.74, 6) is -3.15. The highest BCUT2D eigenvalue weighted by molar-refractivity contribution is 9.10. The van der Waals surface area contributed by atoms with Crippen LogP contribution >= 0.6 is 15.9 Å². The first-order valence-corrected chi connectivity index (χ1v) is 8.83. The first-order chi connectivity index (χ1) is 10.1. The molecule has 9 heteroatoms. The fourth-order valence-electron chi connectivity index (χ4n) is 1.66. The van der Waals surface area contributed by atoms with Gasteiger partial charge in [-0.3, -0.25) is 9.10 Å². The summed E-state index contributed by atoms with van der Waals surface area (Å²) in [6, 6.07) is 1.47. The molecule has 1 aromatic rings. The molecule has 0 saturated carbocycles. The molecular formula is C13H16BrF2NO4S. The number of esters is 1. The number of hydrogen-bond acceptors (Lipinski definition) is 4. The summed E-state index contributed by atoms with van der Waals surface area (Å²) in [5.41, 5.74) is -0.427. The minimum Gasteiger partial charge on any atom is -0.462 e. The summed E-state index contributed by atoms with van der Waals surface area (Å²) in [6.45, 7) is 3.86. The maximum atomic E-state index is 14.0. The van der Waals surface area contributed by atoms with Gasteiger partial charge in [0.1, 0.15) is 18.0 Å². The largest absolute Gasteiger partial charge is 0.462 e. The van der Waals surface area contributed by atoms with Gasteiger partial charge in [-0.2, -0.15) is 0 Å². The molecule has 0 aliphatic heterocycles. The van der Waals surface area contributed by atoms with E-state index in [1.807, 2.05) is 0 Å². The minimum atomic E-state index is -3.96. The number of rotatable bonds is 6. The van der Waals surface area contributed by atoms with Gasteiger partial charge in [-0.05, 0) is 42.8 Å². The molecule has 0 N–H and O–H groups in total. The van der Waals surface area contributed by atoms with Gasteiger partial charge in [0.25, 0.3) is 0 Å². The van der Waals surface area contributed by atoms with Crippen LogP contribution in [0.5, 0.6) is 0 Å². The van der Waals surface area contributed by atoms with E-state index < -0.39 is 46.0 Å². The van der Waals surface area contributed by atoms with E-state index in [0.29, 0.717) is 10.4 Å². The monoisotopic (exact) mass is 399 g/mol. The molecule has 0 spiro atoms. The molecule has 0 aliphatic carbocycles. The van der Waals surface area contributed by atoms with Crippen molar-refractivity contribution < 1.29 is 26.7 Å². The second-order valence-corrected chi connectivity index (χ2v) is 7.70. The lowest BCUT2D eigenvalue weighted by Gasteiger charge is -2.24. The maximum absolute atomic E-state index is 14.0. The van der Waals surface area contributed by atoms with Gasteiger partial charge in [-0.1, -0.05) is 0 Å². The molecule has 0 unspecified atom stereocenters. The van der Waals surface area contributed by atoms with Gasteiger partial charge in [0, 0.05) is 10.5 Å². The predicted molar refractivity (Wildman–Crippen MR) is 82.1 cm³/mol. The number of sulfonamides is 1. The van der Waals surface area contributed by atoms with Gasteiger partial charge in [0.2, 0.25) is 10.0 Å². The molecule has 124 valence electrons. The lowest BCUT2D eigenvalue weighted by molar-refractivity contribution is -0.145. The normalized spacial score (nSPS) is 11.6. The van der Waals surface area contributed by atoms with Crippen molar-refractivity contribution in [1.82, 2.24) is 0 Å². The van der Waals surface area contributed by atoms with E-state index in [0.717, 1.165) is 6.07 Å². The Morgan fingerprint density at radius 1 is 1.36 bits per heavy atom. The minimum absolute atomic E-state index is 0.112. The number of benzene rings is 1. The number of carbonyl (C=O) groups is 1. The Kier molecular flexibility index (Phi) is 6.30. The van der Waals surface area contributed by atoms with E-state index in [4.69, 9.17) is 4.74 Å². The summed E-state index contributed by atoms with van der Waals surface area (Å²) < 4.78 is 56.8. The summed E-state index contributed by atoms with van der Waals surface area (Å²) in [6.07, 6.45) is -0.444. The van der Waals surface area contributed by atoms with E-state index >= 15 is 0 Å². The van der Waals surface area contributed by atoms with Crippen LogP contribution in [0.15, 0.2) is 16.6 Å². The van der Waals surface area contributed by atoms with E-state index in [9.17, 15) is 22.0 Å². The van der Waals surface area contributed by atoms with Crippen molar-refractivity contribution in [1.29, 1.82) is 0 Å². The molecule has 0 bridgehead atoms. The van der Waals surface area contributed by atoms with Crippen molar-refractivity contribution in [3.8, 4) is 0 Å². The quantitative estimate of drug-likeness (QED) is 0.689. The van der Waals surface area contributed by atoms with Gasteiger partial charge < -0.3 is 4.74 Å². The van der Waals surface area contributed by atoms with Gasteiger partial charge in [-0.25, -0.2) is 17.2 Å². The van der Waals surface area contributed by atoms with Crippen molar-refractivity contribution >= 4 is 37.6 Å². The molecular weight excluding hydrogens is 384 g/mol. The van der Waals surface area contributed by atoms with Crippen LogP contribution in [0.1, 0.15) is 20.8 Å². The summed E-state index contributed by atoms with van der Waals surface area (Å²) >= 11 is 2.92. The van der Waals surface area contributed by atoms with Crippen molar-refractivity contribution in [3.63, 3.8) is 0 Å². The third-order valence-corrected chi connectivity index (χ3v) is 4.89. The van der Waals surface area contributed by atoms with Gasteiger partial charge in [0.15, 0.2) is 5.82 Å². The number of carbonyl (C=O) groups excluding carboxylic acids is 1. The fourth-order valence-corrected chi connectivity index (χ4v) is 3.48. The predicted octanol–water partition coefficient (Wildman–Crippen LogP) is 2.84. The Balaban J connectivity index is 3.32. The standard InChI is InChI=1S/C13H16BrF2NO4S/c1-4-22(19,20)17(7-12(18)21-8(2)3)13-10(14)5-9(15)6-11(13)16/h5-6,8H,4,7H2,1-3H3. The topological polar surface area (TPSA) is 63.7 Å². The third-order valence-electron chi connectivity index (χ3n) is 2.57. The number of nitrogens with zero attached hydrogens (tertiary/aromatic N) is 1. The number of ether oxygens (including phenoxy) is 1. The lowest BCUT2D eigenvalue weighted by atomic mass is 10.3. The fraction of sp³-hybridized carbons (Fsp3) is 0.462. The number of hydrogen-bond donors (Lipinski definition) is 0. The second-order valence-electron chi connectivity index (χ2n) is 4.66. The van der Waals surface area contributed by atoms with Crippen molar-refractivity contribution in [3.05, 3.63) is 28.2 Å². The highest BCUT2D eigenvalue weighted by Gasteiger charge is 2.29. The van der Waals surface area contributed by atoms with Crippen LogP contribution in [0.25, 0.3) is 0 Å². The molecule has 0 fully saturated rings. The highest BCUT2D eigenvalue weighted by Crippen LogP contribution is 2.32. The summed E-state index contributed by atoms with van der Waals surface area (Å²) in [5, 5.41) is 0. The molecule has 0 heterocycles. The Hall–Kier alpha value is -1.22. The zero-order chi connectivity index (χ0) is 17.1. The van der Waals surface area contributed by atoms with E-state index in [2.05, 4.69) is 15.9 Å². The Labute approximate surface area is 136 Å². The van der Waals surface area contributed by atoms with Crippen LogP contribution in [-0.2, 0) is 19.6 Å². The Morgan fingerprint density at radius 2 is 1.95 bits per heavy atom. The van der Waals surface area contributed by atoms with Crippen LogP contribution in [0.3, 0.4) is 0 Å². The lowest BCUT2D eigenvalue weighted by Crippen LogP contribution is -2.39. The SMILES string of the molecule is CCS(=O)(=O)N(CC(=O)OC(C)C)c1c(F)cc(F)cc1Br. The Morgan fingerprint density at radius 3 is 2.41 bits per heavy atom. The average molecular weight is 400 g/mol. The van der Waals surface area contributed by atoms with Crippen LogP contribution in [-0.4, -0.2) is 32.8 Å². The molecule has 0 atom stereocenters. The molecule has 5 nitrogen and oxygen atoms in total. The summed E-state index contributed by atoms with van der Waals surface area (Å²) in [7, 11) is -3.96. The van der Waals surface area contributed by atoms with E-state index in [-0.39, 0.29) is 10.2 Å². The molecule has 1 rings (SSSR count). The molecule has 0 radical (unpaired) electrons. The molecule has 0 aromatic heterocycles. The highest BCUT2D eigenvalue weighted by atomic mass is 79.9.